The van der Waals surface area contributed by atoms with Crippen LogP contribution in [0.1, 0.15) is 44.2 Å². The van der Waals surface area contributed by atoms with Gasteiger partial charge in [-0.05, 0) is 84.9 Å². The fourth-order valence-corrected chi connectivity index (χ4v) is 5.60. The zero-order valence-electron chi connectivity index (χ0n) is 18.9. The van der Waals surface area contributed by atoms with E-state index in [1.807, 2.05) is 26.0 Å². The maximum atomic E-state index is 13.2. The number of hydrogen-bond donors (Lipinski definition) is 3. The van der Waals surface area contributed by atoms with Gasteiger partial charge in [0.2, 0.25) is 21.5 Å². The molecule has 0 radical (unpaired) electrons. The molecule has 2 aromatic carbocycles. The van der Waals surface area contributed by atoms with Gasteiger partial charge in [-0.3, -0.25) is 9.59 Å². The predicted molar refractivity (Wildman–Crippen MR) is 130 cm³/mol. The Bertz CT molecular complexity index is 1350. The van der Waals surface area contributed by atoms with Crippen LogP contribution in [0.15, 0.2) is 58.2 Å². The molecule has 1 amide bonds. The zero-order chi connectivity index (χ0) is 23.6. The van der Waals surface area contributed by atoms with Crippen LogP contribution in [-0.2, 0) is 27.7 Å². The lowest BCUT2D eigenvalue weighted by molar-refractivity contribution is -0.118. The van der Waals surface area contributed by atoms with Crippen LogP contribution in [0.4, 0.5) is 5.69 Å². The normalized spacial score (nSPS) is 14.8. The Hall–Kier alpha value is -2.97. The van der Waals surface area contributed by atoms with Gasteiger partial charge in [0, 0.05) is 17.3 Å². The summed E-state index contributed by atoms with van der Waals surface area (Å²) in [6.45, 7) is 3.90. The number of hydrogen-bond acceptors (Lipinski definition) is 4. The number of nitrogens with one attached hydrogen (secondary N) is 3. The first kappa shape index (κ1) is 23.2. The molecule has 0 unspecified atom stereocenters. The number of benzene rings is 2. The summed E-state index contributed by atoms with van der Waals surface area (Å²) in [5, 5.41) is 3.58. The van der Waals surface area contributed by atoms with Crippen molar-refractivity contribution >= 4 is 32.5 Å². The van der Waals surface area contributed by atoms with Gasteiger partial charge >= 0.3 is 0 Å². The fourth-order valence-electron chi connectivity index (χ4n) is 4.35. The third-order valence-electron chi connectivity index (χ3n) is 5.98. The predicted octanol–water partition coefficient (Wildman–Crippen LogP) is 3.74. The van der Waals surface area contributed by atoms with E-state index in [0.717, 1.165) is 36.9 Å². The molecule has 0 spiro atoms. The van der Waals surface area contributed by atoms with Crippen LogP contribution in [0, 0.1) is 5.92 Å². The number of rotatable bonds is 7. The second kappa shape index (κ2) is 9.49. The number of anilines is 1. The van der Waals surface area contributed by atoms with Gasteiger partial charge < -0.3 is 10.3 Å². The molecule has 1 aromatic heterocycles. The Labute approximate surface area is 193 Å². The van der Waals surface area contributed by atoms with Crippen molar-refractivity contribution in [1.29, 1.82) is 0 Å². The molecular weight excluding hydrogens is 438 g/mol. The molecule has 1 aliphatic rings. The highest BCUT2D eigenvalue weighted by Crippen LogP contribution is 2.28. The van der Waals surface area contributed by atoms with Gasteiger partial charge in [0.05, 0.1) is 4.90 Å². The Morgan fingerprint density at radius 3 is 2.64 bits per heavy atom. The first-order valence-corrected chi connectivity index (χ1v) is 12.8. The molecule has 8 heteroatoms. The second-order valence-corrected chi connectivity index (χ2v) is 10.7. The van der Waals surface area contributed by atoms with Gasteiger partial charge in [0.1, 0.15) is 6.04 Å². The van der Waals surface area contributed by atoms with E-state index in [0.29, 0.717) is 17.3 Å². The number of amides is 1. The SMILES string of the molecule is CC(C)C[C@@H](NS(=O)(=O)c1ccc2[nH]c(=O)ccc2c1)C(=O)Nc1cccc2c1CCCC2. The van der Waals surface area contributed by atoms with Crippen molar-refractivity contribution < 1.29 is 13.2 Å². The number of aryl methyl sites for hydroxylation is 1. The summed E-state index contributed by atoms with van der Waals surface area (Å²) in [4.78, 5) is 27.4. The minimum absolute atomic E-state index is 0.0423. The van der Waals surface area contributed by atoms with Crippen LogP contribution >= 0.6 is 0 Å². The minimum Gasteiger partial charge on any atom is -0.324 e. The summed E-state index contributed by atoms with van der Waals surface area (Å²) in [5.41, 5.74) is 3.45. The Balaban J connectivity index is 1.59. The van der Waals surface area contributed by atoms with Gasteiger partial charge in [-0.2, -0.15) is 4.72 Å². The molecule has 0 saturated carbocycles. The molecule has 4 rings (SSSR count). The average molecular weight is 468 g/mol. The first-order valence-electron chi connectivity index (χ1n) is 11.3. The number of H-pyrrole nitrogens is 1. The lowest BCUT2D eigenvalue weighted by atomic mass is 9.90. The van der Waals surface area contributed by atoms with Crippen LogP contribution in [0.25, 0.3) is 10.9 Å². The molecule has 7 nitrogen and oxygen atoms in total. The van der Waals surface area contributed by atoms with Gasteiger partial charge in [0.25, 0.3) is 0 Å². The summed E-state index contributed by atoms with van der Waals surface area (Å²) in [6, 6.07) is 12.4. The summed E-state index contributed by atoms with van der Waals surface area (Å²) in [7, 11) is -3.96. The largest absolute Gasteiger partial charge is 0.324 e. The van der Waals surface area contributed by atoms with E-state index in [4.69, 9.17) is 0 Å². The molecular formula is C25H29N3O4S. The lowest BCUT2D eigenvalue weighted by Gasteiger charge is -2.23. The topological polar surface area (TPSA) is 108 Å². The van der Waals surface area contributed by atoms with E-state index in [-0.39, 0.29) is 22.3 Å². The smallest absolute Gasteiger partial charge is 0.248 e. The Morgan fingerprint density at radius 2 is 1.85 bits per heavy atom. The molecule has 0 aliphatic heterocycles. The monoisotopic (exact) mass is 467 g/mol. The highest BCUT2D eigenvalue weighted by Gasteiger charge is 2.27. The zero-order valence-corrected chi connectivity index (χ0v) is 19.7. The standard InChI is InChI=1S/C25H29N3O4S/c1-16(2)14-23(25(30)27-22-9-5-7-17-6-3-4-8-20(17)22)28-33(31,32)19-11-12-21-18(15-19)10-13-24(29)26-21/h5,7,9-13,15-16,23,28H,3-4,6,8,14H2,1-2H3,(H,26,29)(H,27,30)/t23-/m1/s1. The number of fused-ring (bicyclic) bond motifs is 2. The summed E-state index contributed by atoms with van der Waals surface area (Å²) in [6.07, 6.45) is 4.48. The maximum Gasteiger partial charge on any atom is 0.248 e. The van der Waals surface area contributed by atoms with Crippen molar-refractivity contribution in [3.8, 4) is 0 Å². The first-order chi connectivity index (χ1) is 15.7. The number of carbonyl (C=O) groups excluding carboxylic acids is 1. The average Bonchev–Trinajstić information content (AvgIpc) is 2.78. The summed E-state index contributed by atoms with van der Waals surface area (Å²) >= 11 is 0. The van der Waals surface area contributed by atoms with Crippen LogP contribution in [0.3, 0.4) is 0 Å². The van der Waals surface area contributed by atoms with E-state index in [1.165, 1.54) is 23.8 Å². The molecule has 3 aromatic rings. The third-order valence-corrected chi connectivity index (χ3v) is 7.45. The highest BCUT2D eigenvalue weighted by molar-refractivity contribution is 7.89. The maximum absolute atomic E-state index is 13.2. The van der Waals surface area contributed by atoms with E-state index < -0.39 is 16.1 Å². The molecule has 0 saturated heterocycles. The molecule has 3 N–H and O–H groups in total. The third kappa shape index (κ3) is 5.34. The number of pyridine rings is 1. The van der Waals surface area contributed by atoms with E-state index in [2.05, 4.69) is 21.1 Å². The summed E-state index contributed by atoms with van der Waals surface area (Å²) in [5.74, 6) is -0.258. The second-order valence-electron chi connectivity index (χ2n) is 9.01. The van der Waals surface area contributed by atoms with Crippen molar-refractivity contribution in [3.05, 3.63) is 70.0 Å². The van der Waals surface area contributed by atoms with Gasteiger partial charge in [-0.15, -0.1) is 0 Å². The number of aromatic amines is 1. The van der Waals surface area contributed by atoms with Crippen molar-refractivity contribution in [2.75, 3.05) is 5.32 Å². The molecule has 0 fully saturated rings. The number of carbonyl (C=O) groups is 1. The van der Waals surface area contributed by atoms with E-state index in [1.54, 1.807) is 12.1 Å². The van der Waals surface area contributed by atoms with Crippen molar-refractivity contribution in [1.82, 2.24) is 9.71 Å². The summed E-state index contributed by atoms with van der Waals surface area (Å²) < 4.78 is 28.9. The van der Waals surface area contributed by atoms with Crippen molar-refractivity contribution in [3.63, 3.8) is 0 Å². The quantitative estimate of drug-likeness (QED) is 0.492. The highest BCUT2D eigenvalue weighted by atomic mass is 32.2. The van der Waals surface area contributed by atoms with Crippen molar-refractivity contribution in [2.24, 2.45) is 5.92 Å². The molecule has 174 valence electrons. The Morgan fingerprint density at radius 1 is 1.06 bits per heavy atom. The molecule has 0 bridgehead atoms. The van der Waals surface area contributed by atoms with E-state index in [9.17, 15) is 18.0 Å². The van der Waals surface area contributed by atoms with Gasteiger partial charge in [0.15, 0.2) is 0 Å². The number of sulfonamides is 1. The van der Waals surface area contributed by atoms with Gasteiger partial charge in [-0.1, -0.05) is 26.0 Å². The molecule has 1 aliphatic carbocycles. The molecule has 1 heterocycles. The van der Waals surface area contributed by atoms with Crippen LogP contribution in [0.2, 0.25) is 0 Å². The van der Waals surface area contributed by atoms with Crippen molar-refractivity contribution in [2.45, 2.75) is 56.9 Å². The van der Waals surface area contributed by atoms with Crippen LogP contribution < -0.4 is 15.6 Å². The Kier molecular flexibility index (Phi) is 6.67. The minimum atomic E-state index is -3.96. The van der Waals surface area contributed by atoms with Crippen LogP contribution in [0.5, 0.6) is 0 Å². The van der Waals surface area contributed by atoms with E-state index >= 15 is 0 Å². The molecule has 1 atom stereocenters. The van der Waals surface area contributed by atoms with Gasteiger partial charge in [-0.25, -0.2) is 8.42 Å². The fraction of sp³-hybridized carbons (Fsp3) is 0.360. The lowest BCUT2D eigenvalue weighted by Crippen LogP contribution is -2.44. The number of aromatic nitrogens is 1. The molecule has 33 heavy (non-hydrogen) atoms. The van der Waals surface area contributed by atoms with Crippen LogP contribution in [-0.4, -0.2) is 25.4 Å².